The fourth-order valence-corrected chi connectivity index (χ4v) is 4.03. The standard InChI is InChI=1S/C16H22FN3O6S/c17-12-3-5-13(6-4-12)27(24,25)20-8-2-10-26-14(20)11-19-16(23)15(22)18-7-1-9-21/h3-6,14,21H,1-2,7-11H2,(H,18,22)(H,19,23)/t14-/m1/s1. The first-order chi connectivity index (χ1) is 12.9. The minimum absolute atomic E-state index is 0.0903. The number of ether oxygens (including phenoxy) is 1. The van der Waals surface area contributed by atoms with Gasteiger partial charge in [0.15, 0.2) is 0 Å². The van der Waals surface area contributed by atoms with Crippen molar-refractivity contribution >= 4 is 21.8 Å². The normalized spacial score (nSPS) is 18.1. The van der Waals surface area contributed by atoms with Gasteiger partial charge in [0.1, 0.15) is 12.0 Å². The van der Waals surface area contributed by atoms with Crippen LogP contribution in [0.5, 0.6) is 0 Å². The lowest BCUT2D eigenvalue weighted by Gasteiger charge is -2.34. The van der Waals surface area contributed by atoms with E-state index in [1.54, 1.807) is 0 Å². The van der Waals surface area contributed by atoms with Crippen LogP contribution in [0.3, 0.4) is 0 Å². The summed E-state index contributed by atoms with van der Waals surface area (Å²) in [6.45, 7) is 0.288. The number of rotatable bonds is 7. The summed E-state index contributed by atoms with van der Waals surface area (Å²) in [4.78, 5) is 23.3. The quantitative estimate of drug-likeness (QED) is 0.403. The number of aliphatic hydroxyl groups is 1. The lowest BCUT2D eigenvalue weighted by molar-refractivity contribution is -0.140. The molecule has 150 valence electrons. The molecule has 0 aliphatic carbocycles. The number of nitrogens with one attached hydrogen (secondary N) is 2. The van der Waals surface area contributed by atoms with Gasteiger partial charge in [0.25, 0.3) is 0 Å². The largest absolute Gasteiger partial charge is 0.396 e. The molecule has 0 aromatic heterocycles. The third-order valence-corrected chi connectivity index (χ3v) is 5.74. The minimum Gasteiger partial charge on any atom is -0.396 e. The highest BCUT2D eigenvalue weighted by Crippen LogP contribution is 2.22. The van der Waals surface area contributed by atoms with Crippen molar-refractivity contribution in [3.05, 3.63) is 30.1 Å². The Kier molecular flexibility index (Phi) is 7.66. The van der Waals surface area contributed by atoms with Crippen LogP contribution >= 0.6 is 0 Å². The van der Waals surface area contributed by atoms with Crippen LogP contribution in [0.25, 0.3) is 0 Å². The summed E-state index contributed by atoms with van der Waals surface area (Å²) in [5.74, 6) is -2.37. The number of amides is 2. The van der Waals surface area contributed by atoms with E-state index in [4.69, 9.17) is 9.84 Å². The summed E-state index contributed by atoms with van der Waals surface area (Å²) in [5, 5.41) is 13.3. The number of hydrogen-bond donors (Lipinski definition) is 3. The molecule has 1 aromatic carbocycles. The number of carbonyl (C=O) groups is 2. The van der Waals surface area contributed by atoms with Crippen LogP contribution in [0, 0.1) is 5.82 Å². The van der Waals surface area contributed by atoms with Crippen molar-refractivity contribution in [2.45, 2.75) is 24.0 Å². The monoisotopic (exact) mass is 403 g/mol. The summed E-state index contributed by atoms with van der Waals surface area (Å²) in [6.07, 6.45) is -0.205. The molecule has 1 atom stereocenters. The number of carbonyl (C=O) groups excluding carboxylic acids is 2. The fourth-order valence-electron chi connectivity index (χ4n) is 2.47. The van der Waals surface area contributed by atoms with Gasteiger partial charge in [0, 0.05) is 19.7 Å². The maximum Gasteiger partial charge on any atom is 0.309 e. The van der Waals surface area contributed by atoms with Crippen molar-refractivity contribution in [2.24, 2.45) is 0 Å². The van der Waals surface area contributed by atoms with E-state index in [-0.39, 0.29) is 31.1 Å². The second-order valence-electron chi connectivity index (χ2n) is 5.79. The molecule has 9 nitrogen and oxygen atoms in total. The number of nitrogens with zero attached hydrogens (tertiary/aromatic N) is 1. The molecule has 0 radical (unpaired) electrons. The molecule has 0 bridgehead atoms. The molecule has 0 saturated carbocycles. The zero-order chi connectivity index (χ0) is 19.9. The lowest BCUT2D eigenvalue weighted by Crippen LogP contribution is -2.53. The summed E-state index contributed by atoms with van der Waals surface area (Å²) in [7, 11) is -3.95. The molecule has 2 amide bonds. The van der Waals surface area contributed by atoms with E-state index in [2.05, 4.69) is 10.6 Å². The molecular formula is C16H22FN3O6S. The van der Waals surface area contributed by atoms with Crippen LogP contribution in [0.1, 0.15) is 12.8 Å². The molecule has 1 fully saturated rings. The highest BCUT2D eigenvalue weighted by Gasteiger charge is 2.34. The van der Waals surface area contributed by atoms with E-state index in [0.29, 0.717) is 19.4 Å². The van der Waals surface area contributed by atoms with E-state index >= 15 is 0 Å². The van der Waals surface area contributed by atoms with Gasteiger partial charge in [-0.15, -0.1) is 0 Å². The Labute approximate surface area is 156 Å². The van der Waals surface area contributed by atoms with Crippen LogP contribution < -0.4 is 10.6 Å². The first kappa shape index (κ1) is 21.2. The third kappa shape index (κ3) is 5.70. The van der Waals surface area contributed by atoms with Crippen molar-refractivity contribution in [3.63, 3.8) is 0 Å². The highest BCUT2D eigenvalue weighted by molar-refractivity contribution is 7.89. The molecule has 0 spiro atoms. The van der Waals surface area contributed by atoms with E-state index in [1.165, 1.54) is 0 Å². The topological polar surface area (TPSA) is 125 Å². The summed E-state index contributed by atoms with van der Waals surface area (Å²) < 4.78 is 45.1. The third-order valence-electron chi connectivity index (χ3n) is 3.84. The minimum atomic E-state index is -3.95. The Hall–Kier alpha value is -2.08. The van der Waals surface area contributed by atoms with E-state index in [1.807, 2.05) is 0 Å². The first-order valence-corrected chi connectivity index (χ1v) is 9.86. The fraction of sp³-hybridized carbons (Fsp3) is 0.500. The van der Waals surface area contributed by atoms with Gasteiger partial charge in [-0.2, -0.15) is 4.31 Å². The average Bonchev–Trinajstić information content (AvgIpc) is 2.66. The Morgan fingerprint density at radius 1 is 1.22 bits per heavy atom. The highest BCUT2D eigenvalue weighted by atomic mass is 32.2. The second kappa shape index (κ2) is 9.74. The van der Waals surface area contributed by atoms with E-state index in [9.17, 15) is 22.4 Å². The smallest absolute Gasteiger partial charge is 0.309 e. The number of benzene rings is 1. The van der Waals surface area contributed by atoms with Crippen molar-refractivity contribution in [1.82, 2.24) is 14.9 Å². The second-order valence-corrected chi connectivity index (χ2v) is 7.68. The predicted molar refractivity (Wildman–Crippen MR) is 92.4 cm³/mol. The van der Waals surface area contributed by atoms with Gasteiger partial charge in [-0.3, -0.25) is 9.59 Å². The molecule has 1 aromatic rings. The van der Waals surface area contributed by atoms with Crippen LogP contribution in [-0.4, -0.2) is 68.7 Å². The summed E-state index contributed by atoms with van der Waals surface area (Å²) in [5.41, 5.74) is 0. The van der Waals surface area contributed by atoms with E-state index in [0.717, 1.165) is 28.6 Å². The van der Waals surface area contributed by atoms with Crippen LogP contribution in [0.15, 0.2) is 29.2 Å². The number of hydrogen-bond acceptors (Lipinski definition) is 6. The Bertz CT molecular complexity index is 756. The summed E-state index contributed by atoms with van der Waals surface area (Å²) in [6, 6.07) is 4.41. The van der Waals surface area contributed by atoms with Gasteiger partial charge >= 0.3 is 11.8 Å². The van der Waals surface area contributed by atoms with Crippen molar-refractivity contribution in [3.8, 4) is 0 Å². The van der Waals surface area contributed by atoms with Crippen molar-refractivity contribution in [1.29, 1.82) is 0 Å². The van der Waals surface area contributed by atoms with Gasteiger partial charge in [0.2, 0.25) is 10.0 Å². The molecule has 1 heterocycles. The van der Waals surface area contributed by atoms with Crippen LogP contribution in [-0.2, 0) is 24.3 Å². The number of aliphatic hydroxyl groups excluding tert-OH is 1. The van der Waals surface area contributed by atoms with Crippen LogP contribution in [0.4, 0.5) is 4.39 Å². The molecule has 3 N–H and O–H groups in total. The Balaban J connectivity index is 2.01. The molecule has 1 aliphatic rings. The zero-order valence-electron chi connectivity index (χ0n) is 14.6. The van der Waals surface area contributed by atoms with Gasteiger partial charge in [-0.1, -0.05) is 0 Å². The SMILES string of the molecule is O=C(NCCCO)C(=O)NC[C@H]1OCCCN1S(=O)(=O)c1ccc(F)cc1. The molecule has 1 aliphatic heterocycles. The number of halogens is 1. The Morgan fingerprint density at radius 2 is 1.89 bits per heavy atom. The summed E-state index contributed by atoms with van der Waals surface area (Å²) >= 11 is 0. The van der Waals surface area contributed by atoms with Crippen molar-refractivity contribution in [2.75, 3.05) is 32.8 Å². The van der Waals surface area contributed by atoms with Crippen LogP contribution in [0.2, 0.25) is 0 Å². The maximum atomic E-state index is 13.1. The molecular weight excluding hydrogens is 381 g/mol. The van der Waals surface area contributed by atoms with Gasteiger partial charge in [0.05, 0.1) is 18.0 Å². The molecule has 1 saturated heterocycles. The van der Waals surface area contributed by atoms with Crippen molar-refractivity contribution < 1.29 is 32.2 Å². The zero-order valence-corrected chi connectivity index (χ0v) is 15.4. The molecule has 2 rings (SSSR count). The average molecular weight is 403 g/mol. The molecule has 0 unspecified atom stereocenters. The van der Waals surface area contributed by atoms with Gasteiger partial charge in [-0.05, 0) is 37.1 Å². The van der Waals surface area contributed by atoms with Gasteiger partial charge in [-0.25, -0.2) is 12.8 Å². The lowest BCUT2D eigenvalue weighted by atomic mass is 10.3. The molecule has 27 heavy (non-hydrogen) atoms. The first-order valence-electron chi connectivity index (χ1n) is 8.42. The number of sulfonamides is 1. The Morgan fingerprint density at radius 3 is 2.56 bits per heavy atom. The van der Waals surface area contributed by atoms with Gasteiger partial charge < -0.3 is 20.5 Å². The van der Waals surface area contributed by atoms with E-state index < -0.39 is 33.9 Å². The molecule has 11 heteroatoms. The maximum absolute atomic E-state index is 13.1. The predicted octanol–water partition coefficient (Wildman–Crippen LogP) is -0.822.